The van der Waals surface area contributed by atoms with Crippen molar-refractivity contribution in [3.63, 3.8) is 0 Å². The first-order valence-corrected chi connectivity index (χ1v) is 11.1. The van der Waals surface area contributed by atoms with E-state index in [9.17, 15) is 4.79 Å². The molecule has 1 atom stereocenters. The number of furan rings is 1. The van der Waals surface area contributed by atoms with Crippen LogP contribution < -0.4 is 0 Å². The molecule has 8 heteroatoms. The number of carbonyl (C=O) groups is 1. The van der Waals surface area contributed by atoms with Gasteiger partial charge in [-0.1, -0.05) is 42.1 Å². The number of aromatic nitrogens is 3. The summed E-state index contributed by atoms with van der Waals surface area (Å²) in [6.45, 7) is 8.09. The number of carbonyl (C=O) groups excluding carboxylic acids is 1. The Balaban J connectivity index is 1.33. The van der Waals surface area contributed by atoms with Gasteiger partial charge in [0.15, 0.2) is 11.0 Å². The second kappa shape index (κ2) is 9.06. The summed E-state index contributed by atoms with van der Waals surface area (Å²) in [5.74, 6) is 1.71. The lowest BCUT2D eigenvalue weighted by atomic mass is 10.2. The Morgan fingerprint density at radius 2 is 1.87 bits per heavy atom. The first-order valence-electron chi connectivity index (χ1n) is 10.2. The van der Waals surface area contributed by atoms with E-state index in [1.807, 2.05) is 42.5 Å². The van der Waals surface area contributed by atoms with Gasteiger partial charge in [0.05, 0.1) is 17.1 Å². The summed E-state index contributed by atoms with van der Waals surface area (Å²) in [5.41, 5.74) is 2.23. The summed E-state index contributed by atoms with van der Waals surface area (Å²) in [4.78, 5) is 17.4. The van der Waals surface area contributed by atoms with Crippen LogP contribution in [0.5, 0.6) is 0 Å². The maximum absolute atomic E-state index is 13.0. The molecule has 158 valence electrons. The molecule has 3 aromatic rings. The van der Waals surface area contributed by atoms with Gasteiger partial charge in [-0.2, -0.15) is 0 Å². The molecule has 0 unspecified atom stereocenters. The van der Waals surface area contributed by atoms with Gasteiger partial charge < -0.3 is 13.9 Å². The van der Waals surface area contributed by atoms with E-state index in [0.717, 1.165) is 55.0 Å². The van der Waals surface area contributed by atoms with Crippen LogP contribution in [0, 0.1) is 6.92 Å². The van der Waals surface area contributed by atoms with Crippen molar-refractivity contribution in [1.29, 1.82) is 0 Å². The molecule has 0 bridgehead atoms. The van der Waals surface area contributed by atoms with E-state index in [1.165, 1.54) is 17.3 Å². The zero-order chi connectivity index (χ0) is 21.1. The van der Waals surface area contributed by atoms with Crippen LogP contribution in [0.2, 0.25) is 0 Å². The number of amides is 1. The molecule has 7 nitrogen and oxygen atoms in total. The Morgan fingerprint density at radius 3 is 2.53 bits per heavy atom. The number of piperazine rings is 1. The van der Waals surface area contributed by atoms with E-state index in [-0.39, 0.29) is 11.2 Å². The molecule has 1 aromatic carbocycles. The standard InChI is InChI=1S/C22H27N5O2S/c1-16-19(9-14-29-16)20-23-24-22(25(20)3)30-17(2)21(28)27-12-10-26(11-13-27)15-18-7-5-4-6-8-18/h4-9,14,17H,10-13,15H2,1-3H3/t17-/m0/s1. The van der Waals surface area contributed by atoms with Crippen LogP contribution in [-0.4, -0.2) is 61.9 Å². The number of thioether (sulfide) groups is 1. The fourth-order valence-electron chi connectivity index (χ4n) is 3.70. The summed E-state index contributed by atoms with van der Waals surface area (Å²) >= 11 is 1.45. The smallest absolute Gasteiger partial charge is 0.235 e. The van der Waals surface area contributed by atoms with E-state index in [1.54, 1.807) is 6.26 Å². The van der Waals surface area contributed by atoms with Crippen molar-refractivity contribution in [1.82, 2.24) is 24.6 Å². The fraction of sp³-hybridized carbons (Fsp3) is 0.409. The highest BCUT2D eigenvalue weighted by atomic mass is 32.2. The third-order valence-corrected chi connectivity index (χ3v) is 6.62. The summed E-state index contributed by atoms with van der Waals surface area (Å²) in [6, 6.07) is 12.4. The molecule has 4 rings (SSSR count). The molecule has 2 aromatic heterocycles. The molecule has 0 radical (unpaired) electrons. The normalized spacial score (nSPS) is 16.0. The highest BCUT2D eigenvalue weighted by molar-refractivity contribution is 8.00. The molecular formula is C22H27N5O2S. The van der Waals surface area contributed by atoms with Crippen molar-refractivity contribution in [2.75, 3.05) is 26.2 Å². The summed E-state index contributed by atoms with van der Waals surface area (Å²) in [6.07, 6.45) is 1.65. The maximum Gasteiger partial charge on any atom is 0.235 e. The quantitative estimate of drug-likeness (QED) is 0.565. The average Bonchev–Trinajstić information content (AvgIpc) is 3.34. The molecule has 0 spiro atoms. The molecule has 0 aliphatic carbocycles. The lowest BCUT2D eigenvalue weighted by molar-refractivity contribution is -0.132. The topological polar surface area (TPSA) is 67.4 Å². The predicted molar refractivity (Wildman–Crippen MR) is 117 cm³/mol. The zero-order valence-corrected chi connectivity index (χ0v) is 18.4. The van der Waals surface area contributed by atoms with Gasteiger partial charge in [0.2, 0.25) is 5.91 Å². The minimum atomic E-state index is -0.216. The molecule has 0 N–H and O–H groups in total. The molecule has 1 saturated heterocycles. The molecular weight excluding hydrogens is 398 g/mol. The van der Waals surface area contributed by atoms with E-state index < -0.39 is 0 Å². The van der Waals surface area contributed by atoms with Gasteiger partial charge in [0, 0.05) is 39.8 Å². The van der Waals surface area contributed by atoms with Crippen LogP contribution in [0.3, 0.4) is 0 Å². The Labute approximate surface area is 181 Å². The first-order chi connectivity index (χ1) is 14.5. The van der Waals surface area contributed by atoms with Gasteiger partial charge in [0.25, 0.3) is 0 Å². The monoisotopic (exact) mass is 425 g/mol. The van der Waals surface area contributed by atoms with Gasteiger partial charge in [-0.05, 0) is 25.5 Å². The van der Waals surface area contributed by atoms with Crippen molar-refractivity contribution in [2.24, 2.45) is 7.05 Å². The second-order valence-electron chi connectivity index (χ2n) is 7.60. The number of nitrogens with zero attached hydrogens (tertiary/aromatic N) is 5. The van der Waals surface area contributed by atoms with Crippen LogP contribution in [0.15, 0.2) is 52.2 Å². The highest BCUT2D eigenvalue weighted by Crippen LogP contribution is 2.28. The van der Waals surface area contributed by atoms with E-state index >= 15 is 0 Å². The Hall–Kier alpha value is -2.58. The lowest BCUT2D eigenvalue weighted by Gasteiger charge is -2.35. The van der Waals surface area contributed by atoms with Gasteiger partial charge in [0.1, 0.15) is 5.76 Å². The minimum absolute atomic E-state index is 0.156. The lowest BCUT2D eigenvalue weighted by Crippen LogP contribution is -2.50. The average molecular weight is 426 g/mol. The SMILES string of the molecule is Cc1occc1-c1nnc(S[C@@H](C)C(=O)N2CCN(Cc3ccccc3)CC2)n1C. The van der Waals surface area contributed by atoms with E-state index in [0.29, 0.717) is 0 Å². The van der Waals surface area contributed by atoms with Crippen molar-refractivity contribution in [2.45, 2.75) is 30.8 Å². The number of benzene rings is 1. The van der Waals surface area contributed by atoms with Gasteiger partial charge >= 0.3 is 0 Å². The van der Waals surface area contributed by atoms with Crippen molar-refractivity contribution >= 4 is 17.7 Å². The second-order valence-corrected chi connectivity index (χ2v) is 8.91. The van der Waals surface area contributed by atoms with E-state index in [4.69, 9.17) is 4.42 Å². The third kappa shape index (κ3) is 4.44. The molecule has 30 heavy (non-hydrogen) atoms. The molecule has 0 saturated carbocycles. The Bertz CT molecular complexity index is 992. The van der Waals surface area contributed by atoms with Crippen molar-refractivity contribution in [3.8, 4) is 11.4 Å². The van der Waals surface area contributed by atoms with Crippen LogP contribution in [-0.2, 0) is 18.4 Å². The van der Waals surface area contributed by atoms with Crippen molar-refractivity contribution < 1.29 is 9.21 Å². The van der Waals surface area contributed by atoms with Crippen LogP contribution in [0.25, 0.3) is 11.4 Å². The molecule has 1 aliphatic heterocycles. The van der Waals surface area contributed by atoms with Gasteiger partial charge in [-0.25, -0.2) is 0 Å². The van der Waals surface area contributed by atoms with Crippen LogP contribution in [0.4, 0.5) is 0 Å². The predicted octanol–water partition coefficient (Wildman–Crippen LogP) is 3.21. The zero-order valence-electron chi connectivity index (χ0n) is 17.6. The number of hydrogen-bond acceptors (Lipinski definition) is 6. The highest BCUT2D eigenvalue weighted by Gasteiger charge is 2.27. The molecule has 3 heterocycles. The molecule has 1 aliphatic rings. The largest absolute Gasteiger partial charge is 0.469 e. The fourth-order valence-corrected chi connectivity index (χ4v) is 4.60. The molecule has 1 amide bonds. The Kier molecular flexibility index (Phi) is 6.24. The van der Waals surface area contributed by atoms with Gasteiger partial charge in [-0.3, -0.25) is 9.69 Å². The maximum atomic E-state index is 13.0. The third-order valence-electron chi connectivity index (χ3n) is 5.50. The number of hydrogen-bond donors (Lipinski definition) is 0. The summed E-state index contributed by atoms with van der Waals surface area (Å²) in [5, 5.41) is 9.10. The van der Waals surface area contributed by atoms with Crippen molar-refractivity contribution in [3.05, 3.63) is 54.0 Å². The molecule has 1 fully saturated rings. The minimum Gasteiger partial charge on any atom is -0.469 e. The first kappa shape index (κ1) is 20.7. The van der Waals surface area contributed by atoms with Gasteiger partial charge in [-0.15, -0.1) is 10.2 Å². The van der Waals surface area contributed by atoms with E-state index in [2.05, 4.69) is 39.4 Å². The Morgan fingerprint density at radius 1 is 1.13 bits per heavy atom. The summed E-state index contributed by atoms with van der Waals surface area (Å²) < 4.78 is 7.30. The number of rotatable bonds is 6. The number of aryl methyl sites for hydroxylation is 1. The summed E-state index contributed by atoms with van der Waals surface area (Å²) in [7, 11) is 1.92. The van der Waals surface area contributed by atoms with Crippen LogP contribution >= 0.6 is 11.8 Å². The van der Waals surface area contributed by atoms with Crippen LogP contribution in [0.1, 0.15) is 18.2 Å².